The normalized spacial score (nSPS) is 12.5. The van der Waals surface area contributed by atoms with Crippen molar-refractivity contribution in [2.24, 2.45) is 13.0 Å². The summed E-state index contributed by atoms with van der Waals surface area (Å²) in [5.41, 5.74) is 9.00. The van der Waals surface area contributed by atoms with E-state index in [9.17, 15) is 0 Å². The topological polar surface area (TPSA) is 13.1 Å². The molecule has 4 aromatic rings. The molecular formula is C27H28NO+. The highest BCUT2D eigenvalue weighted by Gasteiger charge is 2.31. The Balaban J connectivity index is 1.90. The summed E-state index contributed by atoms with van der Waals surface area (Å²) in [7, 11) is 2.16. The lowest BCUT2D eigenvalue weighted by atomic mass is 9.88. The van der Waals surface area contributed by atoms with Crippen molar-refractivity contribution >= 4 is 21.7 Å². The highest BCUT2D eigenvalue weighted by molar-refractivity contribution is 6.05. The third kappa shape index (κ3) is 2.73. The van der Waals surface area contributed by atoms with Crippen LogP contribution in [0.5, 0.6) is 11.5 Å². The molecule has 0 fully saturated rings. The number of aryl methyl sites for hydroxylation is 3. The molecule has 3 aromatic carbocycles. The van der Waals surface area contributed by atoms with Crippen LogP contribution in [0.3, 0.4) is 0 Å². The molecule has 0 aliphatic carbocycles. The molecule has 2 heteroatoms. The molecule has 0 saturated carbocycles. The number of rotatable bonds is 2. The van der Waals surface area contributed by atoms with Gasteiger partial charge in [-0.3, -0.25) is 0 Å². The van der Waals surface area contributed by atoms with E-state index >= 15 is 0 Å². The van der Waals surface area contributed by atoms with Crippen molar-refractivity contribution < 1.29 is 9.30 Å². The molecule has 0 radical (unpaired) electrons. The summed E-state index contributed by atoms with van der Waals surface area (Å²) < 4.78 is 8.88. The van der Waals surface area contributed by atoms with Crippen molar-refractivity contribution in [3.63, 3.8) is 0 Å². The summed E-state index contributed by atoms with van der Waals surface area (Å²) in [6, 6.07) is 15.8. The van der Waals surface area contributed by atoms with E-state index in [1.54, 1.807) is 0 Å². The molecule has 2 nitrogen and oxygen atoms in total. The molecule has 5 rings (SSSR count). The van der Waals surface area contributed by atoms with E-state index in [4.69, 9.17) is 4.74 Å². The SMILES string of the molecule is Cc1ccc2c(c1)cc1c([n+]2C)-c2c(C)c(C)cc3cc(CC(C)C)cc(c23)O1. The highest BCUT2D eigenvalue weighted by Crippen LogP contribution is 2.48. The number of ether oxygens (including phenoxy) is 1. The number of aromatic nitrogens is 1. The van der Waals surface area contributed by atoms with Crippen LogP contribution >= 0.6 is 0 Å². The standard InChI is InChI=1S/C27H28NO/c1-15(2)9-19-12-21-11-17(4)18(5)25-26(21)23(13-19)29-24-14-20-10-16(3)7-8-22(20)28(6)27(24)25/h7-8,10-15H,9H2,1-6H3/q+1. The molecule has 29 heavy (non-hydrogen) atoms. The van der Waals surface area contributed by atoms with Crippen LogP contribution in [-0.2, 0) is 13.5 Å². The second-order valence-electron chi connectivity index (χ2n) is 9.06. The van der Waals surface area contributed by atoms with E-state index < -0.39 is 0 Å². The quantitative estimate of drug-likeness (QED) is 0.309. The first-order valence-electron chi connectivity index (χ1n) is 10.5. The van der Waals surface area contributed by atoms with Gasteiger partial charge in [-0.25, -0.2) is 0 Å². The minimum Gasteiger partial charge on any atom is -0.450 e. The maximum absolute atomic E-state index is 6.57. The van der Waals surface area contributed by atoms with Crippen LogP contribution in [0.2, 0.25) is 0 Å². The molecule has 0 atom stereocenters. The molecule has 1 aliphatic heterocycles. The zero-order valence-corrected chi connectivity index (χ0v) is 18.2. The molecular weight excluding hydrogens is 354 g/mol. The molecule has 0 bridgehead atoms. The molecule has 0 unspecified atom stereocenters. The summed E-state index contributed by atoms with van der Waals surface area (Å²) >= 11 is 0. The lowest BCUT2D eigenvalue weighted by Crippen LogP contribution is -2.33. The van der Waals surface area contributed by atoms with E-state index in [0.717, 1.165) is 17.9 Å². The van der Waals surface area contributed by atoms with Gasteiger partial charge in [-0.05, 0) is 67.3 Å². The average Bonchev–Trinajstić information content (AvgIpc) is 2.64. The Labute approximate surface area is 172 Å². The molecule has 0 amide bonds. The number of pyridine rings is 1. The minimum absolute atomic E-state index is 0.617. The van der Waals surface area contributed by atoms with E-state index in [1.165, 1.54) is 55.2 Å². The second kappa shape index (κ2) is 6.32. The van der Waals surface area contributed by atoms with Crippen molar-refractivity contribution in [1.29, 1.82) is 0 Å². The van der Waals surface area contributed by atoms with Gasteiger partial charge in [-0.1, -0.05) is 37.6 Å². The molecule has 146 valence electrons. The first kappa shape index (κ1) is 18.2. The number of benzene rings is 3. The molecule has 1 aromatic heterocycles. The lowest BCUT2D eigenvalue weighted by Gasteiger charge is -2.23. The van der Waals surface area contributed by atoms with Gasteiger partial charge in [0.05, 0.1) is 10.9 Å². The van der Waals surface area contributed by atoms with Crippen molar-refractivity contribution in [3.8, 4) is 22.8 Å². The van der Waals surface area contributed by atoms with Crippen LogP contribution in [0.15, 0.2) is 42.5 Å². The van der Waals surface area contributed by atoms with Crippen LogP contribution in [0.25, 0.3) is 32.9 Å². The fraction of sp³-hybridized carbons (Fsp3) is 0.296. The molecule has 1 aliphatic rings. The van der Waals surface area contributed by atoms with Crippen molar-refractivity contribution in [3.05, 3.63) is 64.7 Å². The first-order valence-corrected chi connectivity index (χ1v) is 10.5. The van der Waals surface area contributed by atoms with Crippen molar-refractivity contribution in [1.82, 2.24) is 0 Å². The van der Waals surface area contributed by atoms with Gasteiger partial charge >= 0.3 is 0 Å². The lowest BCUT2D eigenvalue weighted by molar-refractivity contribution is -0.633. The maximum Gasteiger partial charge on any atom is 0.256 e. The Morgan fingerprint density at radius 2 is 1.69 bits per heavy atom. The number of nitrogens with zero attached hydrogens (tertiary/aromatic N) is 1. The fourth-order valence-corrected chi connectivity index (χ4v) is 4.85. The zero-order valence-electron chi connectivity index (χ0n) is 18.2. The van der Waals surface area contributed by atoms with Crippen molar-refractivity contribution in [2.75, 3.05) is 0 Å². The monoisotopic (exact) mass is 382 g/mol. The largest absolute Gasteiger partial charge is 0.450 e. The first-order chi connectivity index (χ1) is 13.8. The Morgan fingerprint density at radius 1 is 0.897 bits per heavy atom. The summed E-state index contributed by atoms with van der Waals surface area (Å²) in [4.78, 5) is 0. The average molecular weight is 383 g/mol. The Bertz CT molecular complexity index is 1310. The third-order valence-electron chi connectivity index (χ3n) is 6.28. The maximum atomic E-state index is 6.57. The molecule has 0 N–H and O–H groups in total. The Hall–Kier alpha value is -2.87. The third-order valence-corrected chi connectivity index (χ3v) is 6.28. The second-order valence-corrected chi connectivity index (χ2v) is 9.06. The smallest absolute Gasteiger partial charge is 0.256 e. The highest BCUT2D eigenvalue weighted by atomic mass is 16.5. The number of hydrogen-bond acceptors (Lipinski definition) is 1. The molecule has 0 saturated heterocycles. The van der Waals surface area contributed by atoms with Crippen LogP contribution in [-0.4, -0.2) is 0 Å². The molecule has 2 heterocycles. The predicted octanol–water partition coefficient (Wildman–Crippen LogP) is 6.71. The molecule has 0 spiro atoms. The Morgan fingerprint density at radius 3 is 2.45 bits per heavy atom. The summed E-state index contributed by atoms with van der Waals surface area (Å²) in [5.74, 6) is 2.57. The van der Waals surface area contributed by atoms with E-state index in [0.29, 0.717) is 5.92 Å². The van der Waals surface area contributed by atoms with E-state index in [2.05, 4.69) is 88.7 Å². The fourth-order valence-electron chi connectivity index (χ4n) is 4.85. The van der Waals surface area contributed by atoms with Gasteiger partial charge in [0.1, 0.15) is 12.8 Å². The van der Waals surface area contributed by atoms with Gasteiger partial charge in [0, 0.05) is 17.5 Å². The van der Waals surface area contributed by atoms with Crippen LogP contribution in [0.1, 0.15) is 36.1 Å². The minimum atomic E-state index is 0.617. The van der Waals surface area contributed by atoms with Crippen LogP contribution < -0.4 is 9.30 Å². The number of hydrogen-bond donors (Lipinski definition) is 0. The van der Waals surface area contributed by atoms with Crippen LogP contribution in [0.4, 0.5) is 0 Å². The Kier molecular flexibility index (Phi) is 3.96. The van der Waals surface area contributed by atoms with Gasteiger partial charge in [0.15, 0.2) is 5.75 Å². The summed E-state index contributed by atoms with van der Waals surface area (Å²) in [6.45, 7) is 11.1. The van der Waals surface area contributed by atoms with Gasteiger partial charge in [-0.2, -0.15) is 4.57 Å². The van der Waals surface area contributed by atoms with Gasteiger partial charge in [0.25, 0.3) is 5.69 Å². The van der Waals surface area contributed by atoms with Crippen LogP contribution in [0, 0.1) is 26.7 Å². The van der Waals surface area contributed by atoms with Gasteiger partial charge in [0.2, 0.25) is 5.52 Å². The summed E-state index contributed by atoms with van der Waals surface area (Å²) in [6.07, 6.45) is 1.06. The van der Waals surface area contributed by atoms with E-state index in [1.807, 2.05) is 0 Å². The number of fused-ring (bicyclic) bond motifs is 3. The van der Waals surface area contributed by atoms with Crippen molar-refractivity contribution in [2.45, 2.75) is 41.0 Å². The van der Waals surface area contributed by atoms with Gasteiger partial charge < -0.3 is 4.74 Å². The zero-order chi connectivity index (χ0) is 20.4. The van der Waals surface area contributed by atoms with E-state index in [-0.39, 0.29) is 0 Å². The van der Waals surface area contributed by atoms with Gasteiger partial charge in [-0.15, -0.1) is 0 Å². The predicted molar refractivity (Wildman–Crippen MR) is 121 cm³/mol. The summed E-state index contributed by atoms with van der Waals surface area (Å²) in [5, 5.41) is 3.75.